The highest BCUT2D eigenvalue weighted by atomic mass is 16.1. The summed E-state index contributed by atoms with van der Waals surface area (Å²) in [6.45, 7) is 12.1. The average Bonchev–Trinajstić information content (AvgIpc) is 2.23. The second kappa shape index (κ2) is 5.46. The fraction of sp³-hybridized carbons (Fsp3) is 0.533. The van der Waals surface area contributed by atoms with Gasteiger partial charge in [0.1, 0.15) is 6.29 Å². The number of aldehydes is 1. The minimum Gasteiger partial charge on any atom is -0.309 e. The summed E-state index contributed by atoms with van der Waals surface area (Å²) < 4.78 is 0. The van der Waals surface area contributed by atoms with Gasteiger partial charge in [-0.15, -0.1) is 0 Å². The molecule has 0 aliphatic rings. The van der Waals surface area contributed by atoms with Crippen molar-refractivity contribution in [3.05, 3.63) is 34.4 Å². The van der Waals surface area contributed by atoms with E-state index >= 15 is 0 Å². The molecule has 1 aromatic rings. The van der Waals surface area contributed by atoms with E-state index in [0.29, 0.717) is 6.54 Å². The Morgan fingerprint density at radius 1 is 1.12 bits per heavy atom. The molecular formula is C15H23NO. The quantitative estimate of drug-likeness (QED) is 0.626. The molecular weight excluding hydrogens is 210 g/mol. The van der Waals surface area contributed by atoms with Gasteiger partial charge in [0.25, 0.3) is 0 Å². The minimum atomic E-state index is 0.0472. The Hall–Kier alpha value is -1.15. The Balaban J connectivity index is 2.97. The van der Waals surface area contributed by atoms with Crippen LogP contribution in [0.3, 0.4) is 0 Å². The molecule has 1 rings (SSSR count). The molecule has 17 heavy (non-hydrogen) atoms. The fourth-order valence-electron chi connectivity index (χ4n) is 2.23. The van der Waals surface area contributed by atoms with Crippen LogP contribution in [0.15, 0.2) is 12.1 Å². The molecule has 0 radical (unpaired) electrons. The number of aryl methyl sites for hydroxylation is 3. The zero-order chi connectivity index (χ0) is 13.1. The molecule has 0 saturated carbocycles. The van der Waals surface area contributed by atoms with Crippen LogP contribution in [-0.2, 0) is 10.2 Å². The summed E-state index contributed by atoms with van der Waals surface area (Å²) in [5.41, 5.74) is 5.40. The van der Waals surface area contributed by atoms with E-state index in [-0.39, 0.29) is 5.41 Å². The van der Waals surface area contributed by atoms with Crippen LogP contribution in [0.4, 0.5) is 0 Å². The molecule has 0 atom stereocenters. The maximum atomic E-state index is 10.3. The van der Waals surface area contributed by atoms with E-state index < -0.39 is 0 Å². The lowest BCUT2D eigenvalue weighted by molar-refractivity contribution is -0.107. The van der Waals surface area contributed by atoms with Gasteiger partial charge in [0.2, 0.25) is 0 Å². The summed E-state index contributed by atoms with van der Waals surface area (Å²) >= 11 is 0. The van der Waals surface area contributed by atoms with E-state index in [4.69, 9.17) is 0 Å². The standard InChI is InChI=1S/C15H23NO/c1-11-8-13(3)14(9-12(11)2)15(4,5)10-16-6-7-17/h7-9,16H,6,10H2,1-5H3. The van der Waals surface area contributed by atoms with E-state index in [1.807, 2.05) is 0 Å². The third-order valence-electron chi connectivity index (χ3n) is 3.36. The van der Waals surface area contributed by atoms with Crippen molar-refractivity contribution in [3.8, 4) is 0 Å². The van der Waals surface area contributed by atoms with Crippen LogP contribution in [0, 0.1) is 20.8 Å². The lowest BCUT2D eigenvalue weighted by atomic mass is 9.80. The van der Waals surface area contributed by atoms with Gasteiger partial charge in [0.05, 0.1) is 6.54 Å². The molecule has 0 unspecified atom stereocenters. The monoisotopic (exact) mass is 233 g/mol. The molecule has 94 valence electrons. The van der Waals surface area contributed by atoms with Gasteiger partial charge in [0.15, 0.2) is 0 Å². The predicted octanol–water partition coefficient (Wildman–Crippen LogP) is 2.68. The van der Waals surface area contributed by atoms with E-state index in [0.717, 1.165) is 12.8 Å². The number of hydrogen-bond donors (Lipinski definition) is 1. The lowest BCUT2D eigenvalue weighted by Crippen LogP contribution is -2.34. The Kier molecular flexibility index (Phi) is 4.47. The number of carbonyl (C=O) groups excluding carboxylic acids is 1. The second-order valence-electron chi connectivity index (χ2n) is 5.43. The van der Waals surface area contributed by atoms with Gasteiger partial charge in [-0.3, -0.25) is 0 Å². The van der Waals surface area contributed by atoms with Crippen molar-refractivity contribution < 1.29 is 4.79 Å². The molecule has 0 aromatic heterocycles. The molecule has 0 saturated heterocycles. The molecule has 0 aliphatic heterocycles. The van der Waals surface area contributed by atoms with Crippen molar-refractivity contribution >= 4 is 6.29 Å². The zero-order valence-corrected chi connectivity index (χ0v) is 11.6. The Bertz CT molecular complexity index is 408. The summed E-state index contributed by atoms with van der Waals surface area (Å²) in [5.74, 6) is 0. The number of nitrogens with one attached hydrogen (secondary N) is 1. The normalized spacial score (nSPS) is 11.6. The van der Waals surface area contributed by atoms with Crippen molar-refractivity contribution in [2.45, 2.75) is 40.0 Å². The van der Waals surface area contributed by atoms with Crippen molar-refractivity contribution in [2.75, 3.05) is 13.1 Å². The van der Waals surface area contributed by atoms with Crippen molar-refractivity contribution in [1.82, 2.24) is 5.32 Å². The highest BCUT2D eigenvalue weighted by Crippen LogP contribution is 2.28. The highest BCUT2D eigenvalue weighted by Gasteiger charge is 2.22. The summed E-state index contributed by atoms with van der Waals surface area (Å²) in [5, 5.41) is 3.17. The molecule has 0 heterocycles. The van der Waals surface area contributed by atoms with Gasteiger partial charge < -0.3 is 10.1 Å². The minimum absolute atomic E-state index is 0.0472. The Morgan fingerprint density at radius 2 is 1.71 bits per heavy atom. The van der Waals surface area contributed by atoms with Crippen molar-refractivity contribution in [3.63, 3.8) is 0 Å². The zero-order valence-electron chi connectivity index (χ0n) is 11.6. The molecule has 2 heteroatoms. The van der Waals surface area contributed by atoms with Crippen LogP contribution in [0.1, 0.15) is 36.1 Å². The largest absolute Gasteiger partial charge is 0.309 e. The Morgan fingerprint density at radius 3 is 2.29 bits per heavy atom. The first-order valence-electron chi connectivity index (χ1n) is 6.11. The van der Waals surface area contributed by atoms with Crippen LogP contribution in [0.2, 0.25) is 0 Å². The van der Waals surface area contributed by atoms with Crippen LogP contribution in [0.5, 0.6) is 0 Å². The van der Waals surface area contributed by atoms with Gasteiger partial charge >= 0.3 is 0 Å². The number of benzene rings is 1. The maximum Gasteiger partial charge on any atom is 0.133 e. The molecule has 0 fully saturated rings. The van der Waals surface area contributed by atoms with Crippen LogP contribution in [-0.4, -0.2) is 19.4 Å². The SMILES string of the molecule is Cc1cc(C)c(C(C)(C)CNCC=O)cc1C. The smallest absolute Gasteiger partial charge is 0.133 e. The summed E-state index contributed by atoms with van der Waals surface area (Å²) in [6, 6.07) is 4.51. The first kappa shape index (κ1) is 13.9. The van der Waals surface area contributed by atoms with Gasteiger partial charge in [0, 0.05) is 12.0 Å². The third kappa shape index (κ3) is 3.40. The van der Waals surface area contributed by atoms with Gasteiger partial charge in [-0.05, 0) is 43.0 Å². The van der Waals surface area contributed by atoms with E-state index in [2.05, 4.69) is 52.1 Å². The van der Waals surface area contributed by atoms with Crippen LogP contribution in [0.25, 0.3) is 0 Å². The van der Waals surface area contributed by atoms with E-state index in [1.165, 1.54) is 22.3 Å². The Labute approximate surface area is 104 Å². The van der Waals surface area contributed by atoms with Crippen molar-refractivity contribution in [1.29, 1.82) is 0 Å². The van der Waals surface area contributed by atoms with Gasteiger partial charge in [-0.1, -0.05) is 26.0 Å². The molecule has 2 nitrogen and oxygen atoms in total. The molecule has 0 amide bonds. The first-order chi connectivity index (χ1) is 7.88. The second-order valence-corrected chi connectivity index (χ2v) is 5.43. The van der Waals surface area contributed by atoms with Crippen molar-refractivity contribution in [2.24, 2.45) is 0 Å². The highest BCUT2D eigenvalue weighted by molar-refractivity contribution is 5.52. The van der Waals surface area contributed by atoms with E-state index in [1.54, 1.807) is 0 Å². The topological polar surface area (TPSA) is 29.1 Å². The van der Waals surface area contributed by atoms with Gasteiger partial charge in [-0.2, -0.15) is 0 Å². The molecule has 0 bridgehead atoms. The van der Waals surface area contributed by atoms with Crippen LogP contribution >= 0.6 is 0 Å². The summed E-state index contributed by atoms with van der Waals surface area (Å²) in [7, 11) is 0. The van der Waals surface area contributed by atoms with Gasteiger partial charge in [-0.25, -0.2) is 0 Å². The summed E-state index contributed by atoms with van der Waals surface area (Å²) in [6.07, 6.45) is 0.906. The number of carbonyl (C=O) groups is 1. The predicted molar refractivity (Wildman–Crippen MR) is 72.6 cm³/mol. The molecule has 1 aromatic carbocycles. The molecule has 0 aliphatic carbocycles. The first-order valence-corrected chi connectivity index (χ1v) is 6.11. The lowest BCUT2D eigenvalue weighted by Gasteiger charge is -2.28. The third-order valence-corrected chi connectivity index (χ3v) is 3.36. The maximum absolute atomic E-state index is 10.3. The molecule has 0 spiro atoms. The number of hydrogen-bond acceptors (Lipinski definition) is 2. The van der Waals surface area contributed by atoms with E-state index in [9.17, 15) is 4.79 Å². The average molecular weight is 233 g/mol. The molecule has 1 N–H and O–H groups in total. The number of rotatable bonds is 5. The van der Waals surface area contributed by atoms with Crippen LogP contribution < -0.4 is 5.32 Å². The fourth-order valence-corrected chi connectivity index (χ4v) is 2.23. The summed E-state index contributed by atoms with van der Waals surface area (Å²) in [4.78, 5) is 10.3.